The lowest BCUT2D eigenvalue weighted by Crippen LogP contribution is -2.23. The number of halogens is 1. The molecule has 3 heterocycles. The molecule has 0 aliphatic heterocycles. The molecule has 0 bridgehead atoms. The molecular weight excluding hydrogens is 356 g/mol. The predicted octanol–water partition coefficient (Wildman–Crippen LogP) is 1.06. The minimum atomic E-state index is -0.575. The maximum Gasteiger partial charge on any atom is 0.325 e. The van der Waals surface area contributed by atoms with Crippen LogP contribution in [0.1, 0.15) is 23.5 Å². The smallest absolute Gasteiger partial charge is 0.313 e. The van der Waals surface area contributed by atoms with Crippen molar-refractivity contribution in [3.63, 3.8) is 0 Å². The molecule has 3 aromatic heterocycles. The molecule has 0 spiro atoms. The normalized spacial score (nSPS) is 18.2. The van der Waals surface area contributed by atoms with Crippen LogP contribution in [0.4, 0.5) is 0 Å². The number of hydrogen-bond donors (Lipinski definition) is 2. The first-order valence-corrected chi connectivity index (χ1v) is 8.25. The van der Waals surface area contributed by atoms with E-state index in [0.29, 0.717) is 10.8 Å². The maximum atomic E-state index is 11.9. The number of hydrogen-bond acceptors (Lipinski definition) is 5. The molecule has 1 aliphatic carbocycles. The van der Waals surface area contributed by atoms with Gasteiger partial charge in [-0.25, -0.2) is 4.79 Å². The van der Waals surface area contributed by atoms with Gasteiger partial charge in [-0.1, -0.05) is 23.4 Å². The quantitative estimate of drug-likeness (QED) is 0.657. The second-order valence-corrected chi connectivity index (χ2v) is 6.44. The van der Waals surface area contributed by atoms with E-state index in [-0.39, 0.29) is 17.4 Å². The van der Waals surface area contributed by atoms with Crippen molar-refractivity contribution in [2.75, 3.05) is 0 Å². The molecule has 1 fully saturated rings. The zero-order chi connectivity index (χ0) is 18.3. The van der Waals surface area contributed by atoms with Gasteiger partial charge in [0.25, 0.3) is 5.56 Å². The van der Waals surface area contributed by atoms with E-state index >= 15 is 0 Å². The lowest BCUT2D eigenvalue weighted by atomic mass is 10.1. The van der Waals surface area contributed by atoms with Gasteiger partial charge < -0.3 is 4.98 Å². The molecule has 8 nitrogen and oxygen atoms in total. The number of aromatic amines is 2. The second-order valence-electron chi connectivity index (χ2n) is 6.08. The van der Waals surface area contributed by atoms with Gasteiger partial charge in [0.05, 0.1) is 17.3 Å². The Morgan fingerprint density at radius 3 is 2.92 bits per heavy atom. The van der Waals surface area contributed by atoms with Crippen LogP contribution in [0.3, 0.4) is 0 Å². The van der Waals surface area contributed by atoms with Gasteiger partial charge in [0.1, 0.15) is 5.69 Å². The first-order valence-electron chi connectivity index (χ1n) is 7.87. The molecule has 0 unspecified atom stereocenters. The van der Waals surface area contributed by atoms with Crippen molar-refractivity contribution in [2.45, 2.75) is 12.3 Å². The van der Waals surface area contributed by atoms with Gasteiger partial charge in [0.2, 0.25) is 0 Å². The van der Waals surface area contributed by atoms with Gasteiger partial charge in [0, 0.05) is 31.3 Å². The Hall–Kier alpha value is -3.18. The zero-order valence-corrected chi connectivity index (χ0v) is 14.4. The molecule has 130 valence electrons. The van der Waals surface area contributed by atoms with Crippen molar-refractivity contribution < 1.29 is 0 Å². The highest BCUT2D eigenvalue weighted by atomic mass is 35.5. The van der Waals surface area contributed by atoms with Crippen LogP contribution in [0.2, 0.25) is 5.15 Å². The van der Waals surface area contributed by atoms with E-state index in [0.717, 1.165) is 17.5 Å². The van der Waals surface area contributed by atoms with Crippen LogP contribution in [0.5, 0.6) is 0 Å². The van der Waals surface area contributed by atoms with E-state index in [1.807, 2.05) is 13.2 Å². The standard InChI is InChI=1S/C17H13ClN6O2/c1-24-8-9(6-20-24)2-3-10-4-11(10)12-5-14(22-23-15(12)18)13-7-19-17(26)21-16(13)25/h5-8,10-11H,4H2,1H3,(H2,19,21,25,26)/t10-,11-/m0/s1. The highest BCUT2D eigenvalue weighted by molar-refractivity contribution is 6.30. The summed E-state index contributed by atoms with van der Waals surface area (Å²) in [5, 5.41) is 12.3. The minimum Gasteiger partial charge on any atom is -0.313 e. The Kier molecular flexibility index (Phi) is 3.93. The summed E-state index contributed by atoms with van der Waals surface area (Å²) in [6.07, 6.45) is 5.74. The molecule has 2 N–H and O–H groups in total. The number of nitrogens with zero attached hydrogens (tertiary/aromatic N) is 4. The van der Waals surface area contributed by atoms with Gasteiger partial charge in [-0.15, -0.1) is 10.2 Å². The number of aromatic nitrogens is 6. The molecule has 0 saturated heterocycles. The van der Waals surface area contributed by atoms with E-state index in [1.54, 1.807) is 16.9 Å². The summed E-state index contributed by atoms with van der Waals surface area (Å²) in [7, 11) is 1.84. The van der Waals surface area contributed by atoms with Gasteiger partial charge >= 0.3 is 5.69 Å². The van der Waals surface area contributed by atoms with Crippen LogP contribution in [-0.4, -0.2) is 29.9 Å². The van der Waals surface area contributed by atoms with E-state index in [1.165, 1.54) is 6.20 Å². The van der Waals surface area contributed by atoms with Crippen molar-refractivity contribution in [1.82, 2.24) is 29.9 Å². The van der Waals surface area contributed by atoms with Crippen LogP contribution in [0.15, 0.2) is 34.2 Å². The third-order valence-corrected chi connectivity index (χ3v) is 4.46. The van der Waals surface area contributed by atoms with Crippen molar-refractivity contribution >= 4 is 11.6 Å². The Bertz CT molecular complexity index is 1170. The van der Waals surface area contributed by atoms with Crippen molar-refractivity contribution in [2.24, 2.45) is 13.0 Å². The third kappa shape index (κ3) is 3.17. The lowest BCUT2D eigenvalue weighted by molar-refractivity contribution is 0.767. The Morgan fingerprint density at radius 1 is 1.35 bits per heavy atom. The molecule has 0 amide bonds. The fraction of sp³-hybridized carbons (Fsp3) is 0.235. The predicted molar refractivity (Wildman–Crippen MR) is 94.7 cm³/mol. The Morgan fingerprint density at radius 2 is 2.19 bits per heavy atom. The molecule has 4 rings (SSSR count). The first kappa shape index (κ1) is 16.3. The average molecular weight is 369 g/mol. The third-order valence-electron chi connectivity index (χ3n) is 4.17. The molecule has 2 atom stereocenters. The maximum absolute atomic E-state index is 11.9. The SMILES string of the molecule is Cn1cc(C#C[C@H]2C[C@@H]2c2cc(-c3c[nH]c(=O)[nH]c3=O)nnc2Cl)cn1. The fourth-order valence-corrected chi connectivity index (χ4v) is 2.98. The summed E-state index contributed by atoms with van der Waals surface area (Å²) in [6, 6.07) is 1.73. The molecule has 1 aliphatic rings. The van der Waals surface area contributed by atoms with E-state index in [9.17, 15) is 9.59 Å². The number of rotatable bonds is 2. The molecule has 3 aromatic rings. The van der Waals surface area contributed by atoms with Crippen molar-refractivity contribution in [1.29, 1.82) is 0 Å². The second kappa shape index (κ2) is 6.28. The first-order chi connectivity index (χ1) is 12.5. The molecule has 9 heteroatoms. The van der Waals surface area contributed by atoms with Crippen LogP contribution >= 0.6 is 11.6 Å². The zero-order valence-electron chi connectivity index (χ0n) is 13.7. The van der Waals surface area contributed by atoms with E-state index < -0.39 is 11.2 Å². The Balaban J connectivity index is 1.61. The van der Waals surface area contributed by atoms with Crippen LogP contribution in [-0.2, 0) is 7.05 Å². The molecule has 0 radical (unpaired) electrons. The highest BCUT2D eigenvalue weighted by Crippen LogP contribution is 2.49. The minimum absolute atomic E-state index is 0.141. The molecule has 1 saturated carbocycles. The summed E-state index contributed by atoms with van der Waals surface area (Å²) >= 11 is 6.19. The van der Waals surface area contributed by atoms with Gasteiger partial charge in [-0.3, -0.25) is 14.5 Å². The van der Waals surface area contributed by atoms with Gasteiger partial charge in [-0.2, -0.15) is 5.10 Å². The molecule has 0 aromatic carbocycles. The van der Waals surface area contributed by atoms with Crippen LogP contribution in [0.25, 0.3) is 11.3 Å². The summed E-state index contributed by atoms with van der Waals surface area (Å²) < 4.78 is 1.70. The molecular formula is C17H13ClN6O2. The van der Waals surface area contributed by atoms with Gasteiger partial charge in [0.15, 0.2) is 5.15 Å². The largest absolute Gasteiger partial charge is 0.325 e. The summed E-state index contributed by atoms with van der Waals surface area (Å²) in [6.45, 7) is 0. The monoisotopic (exact) mass is 368 g/mol. The van der Waals surface area contributed by atoms with Crippen LogP contribution in [0, 0.1) is 17.8 Å². The summed E-state index contributed by atoms with van der Waals surface area (Å²) in [4.78, 5) is 27.7. The summed E-state index contributed by atoms with van der Waals surface area (Å²) in [5.41, 5.74) is 1.14. The molecule has 26 heavy (non-hydrogen) atoms. The lowest BCUT2D eigenvalue weighted by Gasteiger charge is -2.04. The van der Waals surface area contributed by atoms with Crippen LogP contribution < -0.4 is 11.2 Å². The number of aryl methyl sites for hydroxylation is 1. The van der Waals surface area contributed by atoms with Gasteiger partial charge in [-0.05, 0) is 18.1 Å². The van der Waals surface area contributed by atoms with Crippen molar-refractivity contribution in [3.8, 4) is 23.1 Å². The highest BCUT2D eigenvalue weighted by Gasteiger charge is 2.39. The fourth-order valence-electron chi connectivity index (χ4n) is 2.74. The number of H-pyrrole nitrogens is 2. The van der Waals surface area contributed by atoms with E-state index in [2.05, 4.69) is 37.1 Å². The number of nitrogens with one attached hydrogen (secondary N) is 2. The topological polar surface area (TPSA) is 109 Å². The average Bonchev–Trinajstić information content (AvgIpc) is 3.26. The van der Waals surface area contributed by atoms with Crippen molar-refractivity contribution in [3.05, 3.63) is 61.8 Å². The Labute approximate surface area is 152 Å². The van der Waals surface area contributed by atoms with E-state index in [4.69, 9.17) is 11.6 Å². The summed E-state index contributed by atoms with van der Waals surface area (Å²) in [5.74, 6) is 6.62.